The summed E-state index contributed by atoms with van der Waals surface area (Å²) in [6.07, 6.45) is 17.1. The summed E-state index contributed by atoms with van der Waals surface area (Å²) in [6, 6.07) is 19.0. The molecule has 0 N–H and O–H groups in total. The third-order valence-corrected chi connectivity index (χ3v) is 11.6. The molecule has 3 aromatic rings. The van der Waals surface area contributed by atoms with E-state index in [1.807, 2.05) is 0 Å². The van der Waals surface area contributed by atoms with Crippen LogP contribution in [0.4, 0.5) is 0 Å². The number of hydrogen-bond acceptors (Lipinski definition) is 0. The van der Waals surface area contributed by atoms with Gasteiger partial charge in [-0.25, -0.2) is 0 Å². The van der Waals surface area contributed by atoms with Crippen molar-refractivity contribution in [3.05, 3.63) is 111 Å². The molecule has 0 heteroatoms. The van der Waals surface area contributed by atoms with Gasteiger partial charge in [-0.05, 0) is 169 Å². The van der Waals surface area contributed by atoms with E-state index in [2.05, 4.69) is 130 Å². The highest BCUT2D eigenvalue weighted by Crippen LogP contribution is 2.50. The average molecular weight is 639 g/mol. The van der Waals surface area contributed by atoms with E-state index in [-0.39, 0.29) is 0 Å². The largest absolute Gasteiger partial charge is 0.0998 e. The van der Waals surface area contributed by atoms with Gasteiger partial charge in [0.2, 0.25) is 0 Å². The molecule has 2 unspecified atom stereocenters. The Morgan fingerprint density at radius 1 is 0.812 bits per heavy atom. The lowest BCUT2D eigenvalue weighted by Crippen LogP contribution is -2.21. The molecule has 4 aliphatic carbocycles. The van der Waals surface area contributed by atoms with Gasteiger partial charge >= 0.3 is 0 Å². The van der Waals surface area contributed by atoms with Crippen LogP contribution >= 0.6 is 0 Å². The number of hydrogen-bond donors (Lipinski definition) is 0. The number of fused-ring (bicyclic) bond motifs is 2. The fourth-order valence-corrected chi connectivity index (χ4v) is 9.25. The first-order valence-corrected chi connectivity index (χ1v) is 19.2. The quantitative estimate of drug-likeness (QED) is 0.236. The predicted octanol–water partition coefficient (Wildman–Crippen LogP) is 14.0. The van der Waals surface area contributed by atoms with Crippen LogP contribution in [0.5, 0.6) is 0 Å². The lowest BCUT2D eigenvalue weighted by molar-refractivity contribution is 0.226. The fraction of sp³-hybridized carbons (Fsp3) is 0.500. The molecule has 254 valence electrons. The molecule has 0 spiro atoms. The van der Waals surface area contributed by atoms with Crippen molar-refractivity contribution in [1.82, 2.24) is 0 Å². The standard InChI is InChI=1S/C43H50.C5H12/c1-26(2)19-39-29(5)21-37-23-36(25-41(37)43(39)33-10-7-27(3)8-11-33)35-17-18-38-30(6)22-40(42(38)24-35)32-15-13-31(14-16-32)34-12-9-28(4)20-34;1-5(2,3)4/h7-8,10-11,17-18,21-24,28,30-32,34H,1,9,12-16,19-20,25H2,2-6H3;1-4H3/t28?,30?,31?,32?,34-;/m0./s1. The summed E-state index contributed by atoms with van der Waals surface area (Å²) < 4.78 is 0. The molecule has 3 aromatic carbocycles. The maximum atomic E-state index is 4.29. The van der Waals surface area contributed by atoms with Crippen LogP contribution < -0.4 is 0 Å². The Bertz CT molecular complexity index is 1700. The SMILES string of the molecule is C=C(C)Cc1c(C)cc2c(c1-c1ccc(C)cc1)CC(c1ccc3c(c1)C(C1CCC([C@H]4CCC(C)C4)CC1)=CC3C)=C2.CC(C)(C)C. The van der Waals surface area contributed by atoms with Gasteiger partial charge in [-0.15, -0.1) is 0 Å². The van der Waals surface area contributed by atoms with E-state index in [1.165, 1.54) is 101 Å². The van der Waals surface area contributed by atoms with Crippen molar-refractivity contribution in [3.8, 4) is 11.1 Å². The van der Waals surface area contributed by atoms with Gasteiger partial charge in [0, 0.05) is 5.92 Å². The van der Waals surface area contributed by atoms with Gasteiger partial charge in [-0.3, -0.25) is 0 Å². The zero-order chi connectivity index (χ0) is 34.3. The van der Waals surface area contributed by atoms with Crippen molar-refractivity contribution >= 4 is 17.2 Å². The lowest BCUT2D eigenvalue weighted by Gasteiger charge is -2.33. The van der Waals surface area contributed by atoms with Crippen molar-refractivity contribution in [2.75, 3.05) is 0 Å². The maximum absolute atomic E-state index is 4.29. The minimum atomic E-state index is 0.500. The Hall–Kier alpha value is -3.12. The highest BCUT2D eigenvalue weighted by atomic mass is 14.4. The molecule has 7 rings (SSSR count). The van der Waals surface area contributed by atoms with Crippen LogP contribution in [0, 0.1) is 42.9 Å². The summed E-state index contributed by atoms with van der Waals surface area (Å²) in [4.78, 5) is 0. The topological polar surface area (TPSA) is 0 Å². The molecule has 4 aliphatic rings. The van der Waals surface area contributed by atoms with Gasteiger partial charge < -0.3 is 0 Å². The summed E-state index contributed by atoms with van der Waals surface area (Å²) in [5, 5.41) is 0. The minimum absolute atomic E-state index is 0.500. The van der Waals surface area contributed by atoms with Gasteiger partial charge in [0.25, 0.3) is 0 Å². The minimum Gasteiger partial charge on any atom is -0.0998 e. The number of allylic oxidation sites excluding steroid dienone is 4. The Balaban J connectivity index is 0.000000749. The Morgan fingerprint density at radius 3 is 2.08 bits per heavy atom. The van der Waals surface area contributed by atoms with Crippen LogP contribution in [-0.4, -0.2) is 0 Å². The summed E-state index contributed by atoms with van der Waals surface area (Å²) >= 11 is 0. The Kier molecular flexibility index (Phi) is 10.1. The molecule has 48 heavy (non-hydrogen) atoms. The lowest BCUT2D eigenvalue weighted by atomic mass is 9.72. The van der Waals surface area contributed by atoms with E-state index < -0.39 is 0 Å². The second kappa shape index (κ2) is 14.0. The second-order valence-corrected chi connectivity index (χ2v) is 18.0. The van der Waals surface area contributed by atoms with Gasteiger partial charge in [-0.1, -0.05) is 120 Å². The van der Waals surface area contributed by atoms with Crippen LogP contribution in [0.25, 0.3) is 28.3 Å². The molecule has 2 fully saturated rings. The molecular formula is C48H62. The molecule has 0 amide bonds. The van der Waals surface area contributed by atoms with E-state index in [9.17, 15) is 0 Å². The van der Waals surface area contributed by atoms with Crippen LogP contribution in [-0.2, 0) is 12.8 Å². The summed E-state index contributed by atoms with van der Waals surface area (Å²) in [5.74, 6) is 4.21. The molecule has 3 atom stereocenters. The molecule has 0 heterocycles. The second-order valence-electron chi connectivity index (χ2n) is 18.0. The fourth-order valence-electron chi connectivity index (χ4n) is 9.25. The van der Waals surface area contributed by atoms with Crippen LogP contribution in [0.2, 0.25) is 0 Å². The first kappa shape index (κ1) is 34.7. The molecule has 0 aromatic heterocycles. The smallest absolute Gasteiger partial charge is 0.000174 e. The summed E-state index contributed by atoms with van der Waals surface area (Å²) in [6.45, 7) is 24.5. The molecular weight excluding hydrogens is 577 g/mol. The summed E-state index contributed by atoms with van der Waals surface area (Å²) in [7, 11) is 0. The highest BCUT2D eigenvalue weighted by molar-refractivity contribution is 5.94. The Morgan fingerprint density at radius 2 is 1.46 bits per heavy atom. The first-order chi connectivity index (χ1) is 22.7. The van der Waals surface area contributed by atoms with E-state index in [0.29, 0.717) is 11.3 Å². The molecule has 0 bridgehead atoms. The zero-order valence-electron chi connectivity index (χ0n) is 31.7. The molecule has 0 nitrogen and oxygen atoms in total. The maximum Gasteiger partial charge on any atom is 0.000174 e. The highest BCUT2D eigenvalue weighted by Gasteiger charge is 2.35. The monoisotopic (exact) mass is 638 g/mol. The Labute approximate surface area is 293 Å². The van der Waals surface area contributed by atoms with Gasteiger partial charge in [0.05, 0.1) is 0 Å². The molecule has 0 aliphatic heterocycles. The number of aryl methyl sites for hydroxylation is 2. The van der Waals surface area contributed by atoms with Gasteiger partial charge in [0.1, 0.15) is 0 Å². The normalized spacial score (nSPS) is 24.7. The average Bonchev–Trinajstić information content (AvgIpc) is 3.74. The summed E-state index contributed by atoms with van der Waals surface area (Å²) in [5.41, 5.74) is 19.2. The van der Waals surface area contributed by atoms with E-state index in [0.717, 1.165) is 36.5 Å². The van der Waals surface area contributed by atoms with Crippen molar-refractivity contribution < 1.29 is 0 Å². The van der Waals surface area contributed by atoms with Gasteiger partial charge in [-0.2, -0.15) is 0 Å². The van der Waals surface area contributed by atoms with Crippen molar-refractivity contribution in [3.63, 3.8) is 0 Å². The number of benzene rings is 3. The molecule has 0 saturated heterocycles. The third-order valence-electron chi connectivity index (χ3n) is 11.6. The molecule has 2 saturated carbocycles. The van der Waals surface area contributed by atoms with Gasteiger partial charge in [0.15, 0.2) is 0 Å². The van der Waals surface area contributed by atoms with E-state index in [4.69, 9.17) is 0 Å². The zero-order valence-corrected chi connectivity index (χ0v) is 31.7. The van der Waals surface area contributed by atoms with E-state index in [1.54, 1.807) is 16.7 Å². The van der Waals surface area contributed by atoms with Crippen LogP contribution in [0.1, 0.15) is 144 Å². The van der Waals surface area contributed by atoms with Crippen LogP contribution in [0.3, 0.4) is 0 Å². The van der Waals surface area contributed by atoms with Crippen LogP contribution in [0.15, 0.2) is 66.8 Å². The molecule has 0 radical (unpaired) electrons. The predicted molar refractivity (Wildman–Crippen MR) is 211 cm³/mol. The number of rotatable bonds is 6. The van der Waals surface area contributed by atoms with E-state index >= 15 is 0 Å². The third kappa shape index (κ3) is 7.69. The van der Waals surface area contributed by atoms with Crippen molar-refractivity contribution in [2.45, 2.75) is 126 Å². The van der Waals surface area contributed by atoms with Crippen molar-refractivity contribution in [1.29, 1.82) is 0 Å². The van der Waals surface area contributed by atoms with Crippen molar-refractivity contribution in [2.24, 2.45) is 29.1 Å². The first-order valence-electron chi connectivity index (χ1n) is 19.2.